The molecular weight excluding hydrogens is 618 g/mol. The Bertz CT molecular complexity index is 201. The van der Waals surface area contributed by atoms with Crippen LogP contribution >= 0.6 is 114 Å². The molecule has 13 heavy (non-hydrogen) atoms. The van der Waals surface area contributed by atoms with Gasteiger partial charge >= 0.3 is 6.95 Å². The van der Waals surface area contributed by atoms with Crippen molar-refractivity contribution in [3.05, 3.63) is 0 Å². The third kappa shape index (κ3) is 11.6. The summed E-state index contributed by atoms with van der Waals surface area (Å²) >= 11 is 23.1. The van der Waals surface area contributed by atoms with E-state index in [1.165, 1.54) is 0 Å². The number of alkyl halides is 6. The molecule has 80 valence electrons. The maximum atomic E-state index is 11.4. The topological polar surface area (TPSA) is 35.5 Å². The summed E-state index contributed by atoms with van der Waals surface area (Å²) in [5, 5.41) is 0. The van der Waals surface area contributed by atoms with Crippen molar-refractivity contribution in [3.63, 3.8) is 0 Å². The Labute approximate surface area is 130 Å². The second-order valence-electron chi connectivity index (χ2n) is 1.50. The molecule has 0 amide bonds. The number of halogens is 7. The first-order valence-electron chi connectivity index (χ1n) is 2.26. The van der Waals surface area contributed by atoms with Crippen molar-refractivity contribution in [2.75, 3.05) is 0 Å². The fourth-order valence-electron chi connectivity index (χ4n) is 0.266. The van der Waals surface area contributed by atoms with Crippen molar-refractivity contribution < 1.29 is 13.6 Å². The lowest BCUT2D eigenvalue weighted by Gasteiger charge is -2.21. The molecule has 0 aromatic heterocycles. The Kier molecular flexibility index (Phi) is 7.25. The van der Waals surface area contributed by atoms with Crippen LogP contribution in [0.15, 0.2) is 0 Å². The van der Waals surface area contributed by atoms with Crippen LogP contribution in [0, 0.1) is 0 Å². The molecule has 11 heteroatoms. The molecule has 0 heterocycles. The minimum Gasteiger partial charge on any atom is -0.257 e. The van der Waals surface area contributed by atoms with Crippen LogP contribution in [-0.4, -0.2) is 4.66 Å². The fourth-order valence-corrected chi connectivity index (χ4v) is 6.35. The Morgan fingerprint density at radius 3 is 1.31 bits per heavy atom. The number of rotatable bonds is 2. The van der Waals surface area contributed by atoms with Crippen molar-refractivity contribution >= 4 is 114 Å². The van der Waals surface area contributed by atoms with E-state index < -0.39 is 11.6 Å². The minimum atomic E-state index is -3.74. The lowest BCUT2D eigenvalue weighted by Crippen LogP contribution is -2.09. The quantitative estimate of drug-likeness (QED) is 0.284. The van der Waals surface area contributed by atoms with E-state index in [4.69, 9.17) is 20.3 Å². The zero-order valence-electron chi connectivity index (χ0n) is 5.32. The van der Waals surface area contributed by atoms with E-state index in [1.807, 2.05) is 0 Å². The highest BCUT2D eigenvalue weighted by Gasteiger charge is 2.38. The van der Waals surface area contributed by atoms with Gasteiger partial charge in [0.25, 0.3) is 0 Å². The van der Waals surface area contributed by atoms with Crippen molar-refractivity contribution in [2.24, 2.45) is 0 Å². The molecule has 0 aliphatic carbocycles. The second kappa shape index (κ2) is 5.78. The van der Waals surface area contributed by atoms with E-state index in [0.29, 0.717) is 0 Å². The van der Waals surface area contributed by atoms with Crippen molar-refractivity contribution in [3.8, 4) is 0 Å². The molecule has 0 atom stereocenters. The average Bonchev–Trinajstić information content (AvgIpc) is 1.43. The van der Waals surface area contributed by atoms with Gasteiger partial charge in [-0.1, -0.05) is 0 Å². The molecule has 0 aliphatic heterocycles. The summed E-state index contributed by atoms with van der Waals surface area (Å²) in [6.07, 6.45) is 0. The highest BCUT2D eigenvalue weighted by atomic mass is 80.0. The van der Waals surface area contributed by atoms with Crippen LogP contribution in [0.1, 0.15) is 0 Å². The van der Waals surface area contributed by atoms with Gasteiger partial charge in [0.15, 0.2) is 0 Å². The smallest absolute Gasteiger partial charge is 0.257 e. The summed E-state index contributed by atoms with van der Waals surface area (Å²) in [7, 11) is 0. The molecule has 0 spiro atoms. The molecule has 0 fully saturated rings. The highest BCUT2D eigenvalue weighted by molar-refractivity contribution is 9.39. The normalized spacial score (nSPS) is 14.7. The molecule has 0 saturated carbocycles. The van der Waals surface area contributed by atoms with E-state index in [0.717, 1.165) is 0 Å². The van der Waals surface area contributed by atoms with E-state index >= 15 is 0 Å². The standard InChI is InChI=1S/C2Br6ClO3P/c3-1(4,5)11-13(9,10)12-2(6,7)8. The Balaban J connectivity index is 4.35. The van der Waals surface area contributed by atoms with Gasteiger partial charge in [-0.05, 0) is 95.6 Å². The van der Waals surface area contributed by atoms with Crippen LogP contribution in [0.25, 0.3) is 0 Å². The van der Waals surface area contributed by atoms with Gasteiger partial charge in [0, 0.05) is 11.2 Å². The molecule has 0 rings (SSSR count). The van der Waals surface area contributed by atoms with Crippen molar-refractivity contribution in [1.82, 2.24) is 0 Å². The molecule has 0 aromatic carbocycles. The second-order valence-corrected chi connectivity index (χ2v) is 17.1. The monoisotopic (exact) mass is 611 g/mol. The molecule has 0 unspecified atom stereocenters. The summed E-state index contributed by atoms with van der Waals surface area (Å²) in [4.78, 5) is 0. The van der Waals surface area contributed by atoms with Gasteiger partial charge in [0.05, 0.1) is 0 Å². The van der Waals surface area contributed by atoms with Crippen molar-refractivity contribution in [2.45, 2.75) is 4.66 Å². The van der Waals surface area contributed by atoms with E-state index in [-0.39, 0.29) is 0 Å². The summed E-state index contributed by atoms with van der Waals surface area (Å²) in [6, 6.07) is 0. The zero-order valence-corrected chi connectivity index (χ0v) is 16.5. The van der Waals surface area contributed by atoms with E-state index in [9.17, 15) is 4.57 Å². The molecular formula is C2Br6ClO3P. The fraction of sp³-hybridized carbons (Fsp3) is 1.00. The number of hydrogen-bond acceptors (Lipinski definition) is 3. The van der Waals surface area contributed by atoms with Crippen LogP contribution in [0.5, 0.6) is 0 Å². The third-order valence-corrected chi connectivity index (χ3v) is 4.30. The number of hydrogen-bond donors (Lipinski definition) is 0. The predicted molar refractivity (Wildman–Crippen MR) is 74.7 cm³/mol. The van der Waals surface area contributed by atoms with Crippen LogP contribution < -0.4 is 0 Å². The van der Waals surface area contributed by atoms with Gasteiger partial charge in [-0.3, -0.25) is 9.05 Å². The third-order valence-electron chi connectivity index (χ3n) is 0.425. The lowest BCUT2D eigenvalue weighted by atomic mass is 11.7. The van der Waals surface area contributed by atoms with Gasteiger partial charge in [0.1, 0.15) is 0 Å². The van der Waals surface area contributed by atoms with Crippen LogP contribution in [0.4, 0.5) is 0 Å². The summed E-state index contributed by atoms with van der Waals surface area (Å²) < 4.78 is 18.5. The van der Waals surface area contributed by atoms with Gasteiger partial charge in [-0.25, -0.2) is 4.57 Å². The highest BCUT2D eigenvalue weighted by Crippen LogP contribution is 2.64. The first-order chi connectivity index (χ1) is 5.41. The van der Waals surface area contributed by atoms with Gasteiger partial charge in [-0.15, -0.1) is 0 Å². The van der Waals surface area contributed by atoms with Gasteiger partial charge < -0.3 is 0 Å². The first-order valence-corrected chi connectivity index (χ1v) is 9.46. The predicted octanol–water partition coefficient (Wildman–Crippen LogP) is 5.96. The Hall–Kier alpha value is 3.32. The molecule has 0 bridgehead atoms. The molecule has 0 aliphatic rings. The lowest BCUT2D eigenvalue weighted by molar-refractivity contribution is 0.246. The first kappa shape index (κ1) is 16.3. The van der Waals surface area contributed by atoms with E-state index in [2.05, 4.69) is 95.6 Å². The SMILES string of the molecule is O=P(Cl)(OC(Br)(Br)Br)OC(Br)(Br)Br. The van der Waals surface area contributed by atoms with E-state index in [1.54, 1.807) is 0 Å². The van der Waals surface area contributed by atoms with Gasteiger partial charge in [-0.2, -0.15) is 0 Å². The average molecular weight is 618 g/mol. The summed E-state index contributed by atoms with van der Waals surface area (Å²) in [5.74, 6) is 0. The molecule has 0 saturated heterocycles. The summed E-state index contributed by atoms with van der Waals surface area (Å²) in [5.41, 5.74) is 0. The largest absolute Gasteiger partial charge is 0.429 e. The van der Waals surface area contributed by atoms with Crippen LogP contribution in [0.3, 0.4) is 0 Å². The van der Waals surface area contributed by atoms with Crippen LogP contribution in [0.2, 0.25) is 0 Å². The maximum Gasteiger partial charge on any atom is 0.429 e. The Morgan fingerprint density at radius 1 is 0.923 bits per heavy atom. The molecule has 3 nitrogen and oxygen atoms in total. The van der Waals surface area contributed by atoms with Crippen LogP contribution in [-0.2, 0) is 13.6 Å². The van der Waals surface area contributed by atoms with Crippen molar-refractivity contribution in [1.29, 1.82) is 0 Å². The minimum absolute atomic E-state index is 1.19. The maximum absolute atomic E-state index is 11.4. The summed E-state index contributed by atoms with van der Waals surface area (Å²) in [6.45, 7) is -3.74. The zero-order chi connectivity index (χ0) is 10.9. The molecule has 0 aromatic rings. The molecule has 0 radical (unpaired) electrons. The van der Waals surface area contributed by atoms with Gasteiger partial charge in [0.2, 0.25) is 4.66 Å². The Morgan fingerprint density at radius 2 is 1.15 bits per heavy atom. The molecule has 0 N–H and O–H groups in total.